The molecule has 0 aliphatic carbocycles. The zero-order valence-electron chi connectivity index (χ0n) is 13.9. The van der Waals surface area contributed by atoms with Crippen molar-refractivity contribution in [2.45, 2.75) is 44.8 Å². The molecule has 24 heavy (non-hydrogen) atoms. The zero-order valence-corrected chi connectivity index (χ0v) is 14.7. The van der Waals surface area contributed by atoms with Crippen LogP contribution in [-0.4, -0.2) is 37.4 Å². The van der Waals surface area contributed by atoms with Gasteiger partial charge in [0.25, 0.3) is 0 Å². The van der Waals surface area contributed by atoms with E-state index in [9.17, 15) is 0 Å². The van der Waals surface area contributed by atoms with Crippen LogP contribution in [0.1, 0.15) is 43.9 Å². The SMILES string of the molecule is CC1(C)CC(c2cn(Cc3cn[nH]c3-c3cccs3)nn2)CCO1. The molecule has 1 fully saturated rings. The average molecular weight is 343 g/mol. The Morgan fingerprint density at radius 2 is 2.38 bits per heavy atom. The first-order valence-electron chi connectivity index (χ1n) is 8.21. The maximum absolute atomic E-state index is 5.80. The summed E-state index contributed by atoms with van der Waals surface area (Å²) in [5.74, 6) is 0.420. The van der Waals surface area contributed by atoms with Crippen LogP contribution < -0.4 is 0 Å². The van der Waals surface area contributed by atoms with Gasteiger partial charge < -0.3 is 4.74 Å². The number of rotatable bonds is 4. The second-order valence-corrected chi connectivity index (χ2v) is 7.83. The zero-order chi connectivity index (χ0) is 16.6. The summed E-state index contributed by atoms with van der Waals surface area (Å²) in [7, 11) is 0. The van der Waals surface area contributed by atoms with Crippen LogP contribution in [-0.2, 0) is 11.3 Å². The molecule has 0 spiro atoms. The molecule has 7 heteroatoms. The van der Waals surface area contributed by atoms with Gasteiger partial charge >= 0.3 is 0 Å². The van der Waals surface area contributed by atoms with E-state index < -0.39 is 0 Å². The highest BCUT2D eigenvalue weighted by Gasteiger charge is 2.31. The largest absolute Gasteiger partial charge is 0.376 e. The van der Waals surface area contributed by atoms with E-state index >= 15 is 0 Å². The Balaban J connectivity index is 1.51. The summed E-state index contributed by atoms with van der Waals surface area (Å²) in [4.78, 5) is 1.19. The predicted molar refractivity (Wildman–Crippen MR) is 93.0 cm³/mol. The molecule has 0 radical (unpaired) electrons. The molecule has 3 aromatic heterocycles. The third-order valence-corrected chi connectivity index (χ3v) is 5.38. The summed E-state index contributed by atoms with van der Waals surface area (Å²) in [6.07, 6.45) is 5.93. The maximum atomic E-state index is 5.80. The highest BCUT2D eigenvalue weighted by atomic mass is 32.1. The quantitative estimate of drug-likeness (QED) is 0.788. The summed E-state index contributed by atoms with van der Waals surface area (Å²) < 4.78 is 7.70. The van der Waals surface area contributed by atoms with Crippen molar-refractivity contribution in [2.24, 2.45) is 0 Å². The molecule has 1 aliphatic heterocycles. The van der Waals surface area contributed by atoms with Crippen LogP contribution >= 0.6 is 11.3 Å². The molecule has 126 valence electrons. The van der Waals surface area contributed by atoms with Crippen LogP contribution in [0.25, 0.3) is 10.6 Å². The fraction of sp³-hybridized carbons (Fsp3) is 0.471. The van der Waals surface area contributed by atoms with Gasteiger partial charge in [-0.3, -0.25) is 5.10 Å². The Labute approximate surface area is 144 Å². The van der Waals surface area contributed by atoms with Gasteiger partial charge in [-0.2, -0.15) is 5.10 Å². The lowest BCUT2D eigenvalue weighted by molar-refractivity contribution is -0.0597. The van der Waals surface area contributed by atoms with Crippen molar-refractivity contribution in [3.63, 3.8) is 0 Å². The highest BCUT2D eigenvalue weighted by molar-refractivity contribution is 7.13. The molecule has 4 heterocycles. The van der Waals surface area contributed by atoms with Crippen LogP contribution in [0.15, 0.2) is 29.9 Å². The van der Waals surface area contributed by atoms with Gasteiger partial charge in [-0.25, -0.2) is 4.68 Å². The molecule has 1 atom stereocenters. The van der Waals surface area contributed by atoms with E-state index in [4.69, 9.17) is 4.74 Å². The molecule has 0 amide bonds. The number of hydrogen-bond donors (Lipinski definition) is 1. The van der Waals surface area contributed by atoms with Gasteiger partial charge in [-0.15, -0.1) is 16.4 Å². The first kappa shape index (κ1) is 15.5. The van der Waals surface area contributed by atoms with Crippen LogP contribution in [0.4, 0.5) is 0 Å². The molecule has 0 saturated carbocycles. The summed E-state index contributed by atoms with van der Waals surface area (Å²) in [5.41, 5.74) is 3.17. The average Bonchev–Trinajstić information content (AvgIpc) is 3.28. The third kappa shape index (κ3) is 3.14. The van der Waals surface area contributed by atoms with Gasteiger partial charge in [0.05, 0.1) is 34.6 Å². The molecule has 0 bridgehead atoms. The Bertz CT molecular complexity index is 805. The van der Waals surface area contributed by atoms with Gasteiger partial charge in [-0.05, 0) is 38.1 Å². The van der Waals surface area contributed by atoms with Crippen molar-refractivity contribution in [3.8, 4) is 10.6 Å². The third-order valence-electron chi connectivity index (χ3n) is 4.49. The van der Waals surface area contributed by atoms with Gasteiger partial charge in [0.1, 0.15) is 0 Å². The molecule has 1 aliphatic rings. The van der Waals surface area contributed by atoms with Crippen molar-refractivity contribution in [1.29, 1.82) is 0 Å². The Hall–Kier alpha value is -1.99. The van der Waals surface area contributed by atoms with E-state index in [0.717, 1.165) is 36.4 Å². The van der Waals surface area contributed by atoms with Crippen molar-refractivity contribution in [3.05, 3.63) is 41.2 Å². The van der Waals surface area contributed by atoms with E-state index in [1.807, 2.05) is 16.9 Å². The monoisotopic (exact) mass is 343 g/mol. The molecule has 3 aromatic rings. The number of nitrogens with zero attached hydrogens (tertiary/aromatic N) is 4. The molecule has 4 rings (SSSR count). The Morgan fingerprint density at radius 1 is 1.46 bits per heavy atom. The van der Waals surface area contributed by atoms with Gasteiger partial charge in [0.2, 0.25) is 0 Å². The number of hydrogen-bond acceptors (Lipinski definition) is 5. The normalized spacial score (nSPS) is 20.3. The second-order valence-electron chi connectivity index (χ2n) is 6.89. The predicted octanol–water partition coefficient (Wildman–Crippen LogP) is 3.45. The lowest BCUT2D eigenvalue weighted by atomic mass is 9.86. The van der Waals surface area contributed by atoms with E-state index in [-0.39, 0.29) is 5.60 Å². The molecule has 1 N–H and O–H groups in total. The number of thiophene rings is 1. The van der Waals surface area contributed by atoms with E-state index in [2.05, 4.69) is 52.0 Å². The number of aromatic nitrogens is 5. The Morgan fingerprint density at radius 3 is 3.17 bits per heavy atom. The first-order chi connectivity index (χ1) is 11.6. The second kappa shape index (κ2) is 6.14. The number of ether oxygens (including phenoxy) is 1. The van der Waals surface area contributed by atoms with Gasteiger partial charge in [0, 0.05) is 24.3 Å². The minimum absolute atomic E-state index is 0.0798. The molecule has 0 aromatic carbocycles. The summed E-state index contributed by atoms with van der Waals surface area (Å²) >= 11 is 1.70. The summed E-state index contributed by atoms with van der Waals surface area (Å²) in [6, 6.07) is 4.14. The van der Waals surface area contributed by atoms with E-state index in [1.54, 1.807) is 11.3 Å². The Kier molecular flexibility index (Phi) is 3.97. The fourth-order valence-electron chi connectivity index (χ4n) is 3.30. The standard InChI is InChI=1S/C17H21N5OS/c1-17(2)8-12(5-6-23-17)14-11-22(21-19-14)10-13-9-18-20-16(13)15-4-3-7-24-15/h3-4,7,9,11-12H,5-6,8,10H2,1-2H3,(H,18,20). The minimum atomic E-state index is -0.0798. The van der Waals surface area contributed by atoms with Crippen LogP contribution in [0.5, 0.6) is 0 Å². The molecule has 6 nitrogen and oxygen atoms in total. The van der Waals surface area contributed by atoms with Crippen LogP contribution in [0.3, 0.4) is 0 Å². The molecule has 1 saturated heterocycles. The number of H-pyrrole nitrogens is 1. The fourth-order valence-corrected chi connectivity index (χ4v) is 4.06. The summed E-state index contributed by atoms with van der Waals surface area (Å²) in [6.45, 7) is 5.74. The van der Waals surface area contributed by atoms with Crippen molar-refractivity contribution >= 4 is 11.3 Å². The number of nitrogens with one attached hydrogen (secondary N) is 1. The van der Waals surface area contributed by atoms with E-state index in [1.165, 1.54) is 4.88 Å². The minimum Gasteiger partial charge on any atom is -0.376 e. The highest BCUT2D eigenvalue weighted by Crippen LogP contribution is 2.34. The molecular weight excluding hydrogens is 322 g/mol. The van der Waals surface area contributed by atoms with Gasteiger partial charge in [-0.1, -0.05) is 11.3 Å². The summed E-state index contributed by atoms with van der Waals surface area (Å²) in [5, 5.41) is 18.1. The van der Waals surface area contributed by atoms with Crippen LogP contribution in [0, 0.1) is 0 Å². The smallest absolute Gasteiger partial charge is 0.0860 e. The van der Waals surface area contributed by atoms with Crippen molar-refractivity contribution < 1.29 is 4.74 Å². The van der Waals surface area contributed by atoms with Gasteiger partial charge in [0.15, 0.2) is 0 Å². The van der Waals surface area contributed by atoms with Crippen LogP contribution in [0.2, 0.25) is 0 Å². The van der Waals surface area contributed by atoms with Crippen molar-refractivity contribution in [1.82, 2.24) is 25.2 Å². The maximum Gasteiger partial charge on any atom is 0.0860 e. The first-order valence-corrected chi connectivity index (χ1v) is 9.09. The van der Waals surface area contributed by atoms with Crippen molar-refractivity contribution in [2.75, 3.05) is 6.61 Å². The lowest BCUT2D eigenvalue weighted by Crippen LogP contribution is -2.33. The molecule has 1 unspecified atom stereocenters. The molecular formula is C17H21N5OS. The lowest BCUT2D eigenvalue weighted by Gasteiger charge is -2.34. The topological polar surface area (TPSA) is 68.6 Å². The van der Waals surface area contributed by atoms with E-state index in [0.29, 0.717) is 12.5 Å². The number of aromatic amines is 1.